The maximum Gasteiger partial charge on any atom is 0.459 e. The van der Waals surface area contributed by atoms with Gasteiger partial charge in [0.1, 0.15) is 39.9 Å². The minimum atomic E-state index is -4.77. The first kappa shape index (κ1) is 46.3. The third kappa shape index (κ3) is 9.65. The van der Waals surface area contributed by atoms with Crippen LogP contribution in [0.5, 0.6) is 11.5 Å². The van der Waals surface area contributed by atoms with Gasteiger partial charge in [0.15, 0.2) is 0 Å². The molecule has 1 saturated carbocycles. The zero-order chi connectivity index (χ0) is 47.3. The highest BCUT2D eigenvalue weighted by atomic mass is 32.2. The van der Waals surface area contributed by atoms with Crippen molar-refractivity contribution in [3.8, 4) is 11.5 Å². The molecular formula is C47H53F4N9O6S. The molecule has 15 nitrogen and oxygen atoms in total. The van der Waals surface area contributed by atoms with Crippen molar-refractivity contribution in [1.82, 2.24) is 29.5 Å². The Labute approximate surface area is 385 Å². The van der Waals surface area contributed by atoms with E-state index in [1.807, 2.05) is 4.72 Å². The minimum absolute atomic E-state index is 0.00637. The van der Waals surface area contributed by atoms with Gasteiger partial charge < -0.3 is 19.9 Å². The summed E-state index contributed by atoms with van der Waals surface area (Å²) in [5, 5.41) is 15.4. The number of likely N-dealkylation sites (tertiary alicyclic amines) is 2. The van der Waals surface area contributed by atoms with Crippen molar-refractivity contribution in [3.63, 3.8) is 0 Å². The molecule has 0 bridgehead atoms. The van der Waals surface area contributed by atoms with Crippen LogP contribution in [0.2, 0.25) is 0 Å². The van der Waals surface area contributed by atoms with Crippen molar-refractivity contribution in [1.29, 1.82) is 0 Å². The van der Waals surface area contributed by atoms with Gasteiger partial charge in [0.2, 0.25) is 0 Å². The monoisotopic (exact) mass is 947 g/mol. The number of pyridine rings is 2. The fourth-order valence-corrected chi connectivity index (χ4v) is 11.4. The van der Waals surface area contributed by atoms with Crippen molar-refractivity contribution >= 4 is 44.2 Å². The van der Waals surface area contributed by atoms with Gasteiger partial charge in [-0.2, -0.15) is 13.2 Å². The summed E-state index contributed by atoms with van der Waals surface area (Å²) in [4.78, 5) is 41.6. The van der Waals surface area contributed by atoms with Crippen LogP contribution in [0.1, 0.15) is 98.7 Å². The Balaban J connectivity index is 0.890. The molecule has 3 saturated heterocycles. The summed E-state index contributed by atoms with van der Waals surface area (Å²) in [6.07, 6.45) is 5.44. The van der Waals surface area contributed by atoms with Crippen molar-refractivity contribution in [2.24, 2.45) is 5.41 Å². The summed E-state index contributed by atoms with van der Waals surface area (Å²) in [6, 6.07) is 17.7. The van der Waals surface area contributed by atoms with E-state index in [-0.39, 0.29) is 33.1 Å². The molecule has 3 aliphatic heterocycles. The predicted molar refractivity (Wildman–Crippen MR) is 243 cm³/mol. The smallest absolute Gasteiger partial charge is 0.455 e. The van der Waals surface area contributed by atoms with Crippen molar-refractivity contribution in [3.05, 3.63) is 106 Å². The van der Waals surface area contributed by atoms with E-state index in [4.69, 9.17) is 4.74 Å². The Kier molecular flexibility index (Phi) is 12.4. The number of hydrogen-bond donors (Lipinski definition) is 3. The van der Waals surface area contributed by atoms with Gasteiger partial charge in [-0.05, 0) is 105 Å². The summed E-state index contributed by atoms with van der Waals surface area (Å²) >= 11 is 0. The first-order chi connectivity index (χ1) is 31.9. The molecule has 3 N–H and O–H groups in total. The number of halogens is 4. The molecule has 6 heterocycles. The standard InChI is InChI=1S/C47H53F4N9O6S/c1-30(2)35-6-3-4-7-36(35)39-8-5-17-59(39)32-25-45(26-32)12-18-57(19-13-45)42-24-41(66-33-22-31-11-16-52-43(31)54-27-33)37(28-53-42)44(61)56-67(64,65)34-9-10-38(40(23-34)60(62)63)55-29-46(48)14-20-58(21-15-46)47(49,50)51/h3-4,6-7,9-11,16,22-24,27-28,30,32,39,55H,5,8,12-15,17-21,25-26,29H2,1-2H3,(H,52,54)(H,56,61)/t39-/m0/s1. The quantitative estimate of drug-likeness (QED) is 0.0442. The minimum Gasteiger partial charge on any atom is -0.455 e. The first-order valence-corrected chi connectivity index (χ1v) is 24.2. The van der Waals surface area contributed by atoms with Crippen LogP contribution in [0.4, 0.5) is 34.8 Å². The van der Waals surface area contributed by atoms with Crippen molar-refractivity contribution < 1.29 is 40.4 Å². The summed E-state index contributed by atoms with van der Waals surface area (Å²) in [6.45, 7) is 5.36. The lowest BCUT2D eigenvalue weighted by Gasteiger charge is -2.56. The highest BCUT2D eigenvalue weighted by molar-refractivity contribution is 7.90. The Hall–Kier alpha value is -5.86. The first-order valence-electron chi connectivity index (χ1n) is 22.7. The van der Waals surface area contributed by atoms with E-state index in [2.05, 4.69) is 68.2 Å². The van der Waals surface area contributed by atoms with E-state index in [1.165, 1.54) is 36.4 Å². The molecule has 4 fully saturated rings. The number of hydrogen-bond acceptors (Lipinski definition) is 12. The van der Waals surface area contributed by atoms with Gasteiger partial charge in [-0.1, -0.05) is 38.1 Å². The van der Waals surface area contributed by atoms with Gasteiger partial charge >= 0.3 is 6.30 Å². The molecular weight excluding hydrogens is 895 g/mol. The molecule has 1 aliphatic carbocycles. The van der Waals surface area contributed by atoms with Gasteiger partial charge in [0.25, 0.3) is 21.6 Å². The predicted octanol–water partition coefficient (Wildman–Crippen LogP) is 9.22. The molecule has 356 valence electrons. The Bertz CT molecular complexity index is 2760. The third-order valence-electron chi connectivity index (χ3n) is 14.2. The van der Waals surface area contributed by atoms with Crippen LogP contribution >= 0.6 is 0 Å². The number of piperidine rings is 2. The van der Waals surface area contributed by atoms with Crippen LogP contribution in [-0.2, 0) is 10.0 Å². The van der Waals surface area contributed by atoms with Gasteiger partial charge in [0, 0.05) is 74.7 Å². The number of anilines is 2. The van der Waals surface area contributed by atoms with Crippen LogP contribution in [-0.4, -0.2) is 101 Å². The summed E-state index contributed by atoms with van der Waals surface area (Å²) in [5.41, 5.74) is 0.399. The second-order valence-electron chi connectivity index (χ2n) is 18.8. The van der Waals surface area contributed by atoms with E-state index in [0.717, 1.165) is 62.8 Å². The number of alkyl halides is 4. The number of carbonyl (C=O) groups excluding carboxylic acids is 1. The second-order valence-corrected chi connectivity index (χ2v) is 20.5. The number of H-pyrrole nitrogens is 1. The molecule has 0 radical (unpaired) electrons. The SMILES string of the molecule is CC(C)c1ccccc1[C@@H]1CCCN1C1CC2(CCN(c3cc(Oc4cnc5[nH]ccc5c4)c(C(=O)NS(=O)(=O)c4ccc(NCC5(F)CCN(C(F)(F)F)CC5)c([N+](=O)[O-])c4)cn3)CC2)C1. The van der Waals surface area contributed by atoms with Crippen LogP contribution in [0.25, 0.3) is 11.0 Å². The fourth-order valence-electron chi connectivity index (χ4n) is 10.5. The van der Waals surface area contributed by atoms with E-state index >= 15 is 4.39 Å². The van der Waals surface area contributed by atoms with E-state index in [0.29, 0.717) is 35.5 Å². The molecule has 20 heteroatoms. The van der Waals surface area contributed by atoms with Crippen LogP contribution < -0.4 is 19.7 Å². The number of benzene rings is 2. The normalized spacial score (nSPS) is 20.3. The van der Waals surface area contributed by atoms with Crippen molar-refractivity contribution in [2.75, 3.05) is 49.5 Å². The number of carbonyl (C=O) groups is 1. The zero-order valence-electron chi connectivity index (χ0n) is 37.2. The van der Waals surface area contributed by atoms with Gasteiger partial charge in [-0.25, -0.2) is 32.4 Å². The summed E-state index contributed by atoms with van der Waals surface area (Å²) in [5.74, 6) is 0.166. The Morgan fingerprint density at radius 2 is 1.73 bits per heavy atom. The Morgan fingerprint density at radius 1 is 0.985 bits per heavy atom. The van der Waals surface area contributed by atoms with Crippen LogP contribution in [0.3, 0.4) is 0 Å². The number of sulfonamides is 1. The van der Waals surface area contributed by atoms with E-state index < -0.39 is 75.9 Å². The molecule has 4 aliphatic rings. The number of aromatic nitrogens is 3. The molecule has 5 aromatic rings. The molecule has 3 aromatic heterocycles. The van der Waals surface area contributed by atoms with E-state index in [9.17, 15) is 36.5 Å². The second kappa shape index (κ2) is 18.0. The number of amides is 1. The molecule has 2 aromatic carbocycles. The number of rotatable bonds is 13. The average Bonchev–Trinajstić information content (AvgIpc) is 3.97. The summed E-state index contributed by atoms with van der Waals surface area (Å²) < 4.78 is 90.4. The lowest BCUT2D eigenvalue weighted by atomic mass is 9.60. The number of fused-ring (bicyclic) bond motifs is 1. The number of nitrogens with zero attached hydrogens (tertiary/aromatic N) is 6. The zero-order valence-corrected chi connectivity index (χ0v) is 38.0. The average molecular weight is 948 g/mol. The highest BCUT2D eigenvalue weighted by Gasteiger charge is 2.50. The van der Waals surface area contributed by atoms with Crippen LogP contribution in [0.15, 0.2) is 84.1 Å². The molecule has 1 amide bonds. The number of nitro benzene ring substituents is 1. The number of aromatic amines is 1. The van der Waals surface area contributed by atoms with Gasteiger partial charge in [-0.3, -0.25) is 19.8 Å². The lowest BCUT2D eigenvalue weighted by Crippen LogP contribution is -2.55. The number of ether oxygens (including phenoxy) is 1. The summed E-state index contributed by atoms with van der Waals surface area (Å²) in [7, 11) is -4.77. The topological polar surface area (TPSA) is 179 Å². The van der Waals surface area contributed by atoms with Crippen LogP contribution in [0, 0.1) is 15.5 Å². The molecule has 0 unspecified atom stereocenters. The third-order valence-corrected chi connectivity index (χ3v) is 15.6. The Morgan fingerprint density at radius 3 is 2.45 bits per heavy atom. The van der Waals surface area contributed by atoms with Gasteiger partial charge in [0.05, 0.1) is 16.0 Å². The maximum atomic E-state index is 15.5. The molecule has 67 heavy (non-hydrogen) atoms. The van der Waals surface area contributed by atoms with Crippen molar-refractivity contribution in [2.45, 2.75) is 100 Å². The fraction of sp³-hybridized carbons (Fsp3) is 0.468. The van der Waals surface area contributed by atoms with Gasteiger partial charge in [-0.15, -0.1) is 0 Å². The highest BCUT2D eigenvalue weighted by Crippen LogP contribution is 2.54. The number of nitrogens with one attached hydrogen (secondary N) is 3. The number of nitro groups is 1. The molecule has 9 rings (SSSR count). The largest absolute Gasteiger partial charge is 0.459 e. The molecule has 1 atom stereocenters. The lowest BCUT2D eigenvalue weighted by molar-refractivity contribution is -0.384. The molecule has 1 spiro atoms. The maximum absolute atomic E-state index is 15.5. The van der Waals surface area contributed by atoms with E-state index in [1.54, 1.807) is 24.4 Å².